The van der Waals surface area contributed by atoms with Gasteiger partial charge in [0, 0.05) is 19.6 Å². The van der Waals surface area contributed by atoms with Crippen molar-refractivity contribution >= 4 is 44.7 Å². The van der Waals surface area contributed by atoms with Gasteiger partial charge in [0.2, 0.25) is 0 Å². The van der Waals surface area contributed by atoms with Crippen molar-refractivity contribution in [3.63, 3.8) is 0 Å². The summed E-state index contributed by atoms with van der Waals surface area (Å²) in [4.78, 5) is 6.29. The molecule has 1 aromatic rings. The first kappa shape index (κ1) is 16.6. The predicted octanol–water partition coefficient (Wildman–Crippen LogP) is 2.83. The molecule has 0 spiro atoms. The van der Waals surface area contributed by atoms with Crippen molar-refractivity contribution in [3.05, 3.63) is 16.1 Å². The number of halogens is 2. The van der Waals surface area contributed by atoms with Gasteiger partial charge in [-0.15, -0.1) is 0 Å². The average Bonchev–Trinajstić information content (AvgIpc) is 2.77. The number of aromatic nitrogens is 1. The van der Waals surface area contributed by atoms with Gasteiger partial charge in [-0.25, -0.2) is 13.4 Å². The van der Waals surface area contributed by atoms with E-state index in [1.807, 2.05) is 18.9 Å². The summed E-state index contributed by atoms with van der Waals surface area (Å²) in [6.45, 7) is 2.81. The molecule has 1 aromatic heterocycles. The molecule has 0 radical (unpaired) electrons. The van der Waals surface area contributed by atoms with Crippen LogP contribution in [0.25, 0.3) is 0 Å². The highest BCUT2D eigenvalue weighted by Gasteiger charge is 2.32. The van der Waals surface area contributed by atoms with Gasteiger partial charge in [-0.2, -0.15) is 0 Å². The third-order valence-electron chi connectivity index (χ3n) is 3.54. The van der Waals surface area contributed by atoms with Gasteiger partial charge in [0.1, 0.15) is 11.6 Å². The van der Waals surface area contributed by atoms with Crippen molar-refractivity contribution in [1.29, 1.82) is 0 Å². The summed E-state index contributed by atoms with van der Waals surface area (Å²) in [5, 5.41) is 4.03. The lowest BCUT2D eigenvalue weighted by molar-refractivity contribution is 0.600. The Morgan fingerprint density at radius 1 is 1.43 bits per heavy atom. The molecule has 0 amide bonds. The Bertz CT molecular complexity index is 622. The van der Waals surface area contributed by atoms with Crippen LogP contribution in [0.4, 0.5) is 11.6 Å². The minimum Gasteiger partial charge on any atom is -0.369 e. The zero-order chi connectivity index (χ0) is 15.6. The predicted molar refractivity (Wildman–Crippen MR) is 88.5 cm³/mol. The van der Waals surface area contributed by atoms with Gasteiger partial charge in [0.15, 0.2) is 9.84 Å². The molecule has 1 unspecified atom stereocenters. The molecule has 1 aliphatic heterocycles. The quantitative estimate of drug-likeness (QED) is 0.883. The van der Waals surface area contributed by atoms with E-state index in [4.69, 9.17) is 23.2 Å². The second-order valence-corrected chi connectivity index (χ2v) is 8.26. The third-order valence-corrected chi connectivity index (χ3v) is 5.86. The molecule has 0 bridgehead atoms. The first-order valence-electron chi connectivity index (χ1n) is 6.87. The largest absolute Gasteiger partial charge is 0.369 e. The zero-order valence-corrected chi connectivity index (χ0v) is 14.4. The molecule has 5 nitrogen and oxygen atoms in total. The maximum absolute atomic E-state index is 11.6. The molecule has 2 heterocycles. The number of hydrogen-bond donors (Lipinski definition) is 1. The molecule has 1 saturated heterocycles. The third kappa shape index (κ3) is 3.93. The summed E-state index contributed by atoms with van der Waals surface area (Å²) in [6.07, 6.45) is 1.55. The monoisotopic (exact) mass is 351 g/mol. The SMILES string of the molecule is CCCNc1nc(N(C)C2CCS(=O)(=O)C2)c(Cl)cc1Cl. The van der Waals surface area contributed by atoms with Crippen LogP contribution in [0.3, 0.4) is 0 Å². The Kier molecular flexibility index (Phi) is 5.22. The van der Waals surface area contributed by atoms with Gasteiger partial charge in [-0.3, -0.25) is 0 Å². The first-order chi connectivity index (χ1) is 9.84. The number of pyridine rings is 1. The normalized spacial score (nSPS) is 20.5. The fourth-order valence-corrected chi connectivity index (χ4v) is 4.66. The van der Waals surface area contributed by atoms with Crippen molar-refractivity contribution in [2.45, 2.75) is 25.8 Å². The summed E-state index contributed by atoms with van der Waals surface area (Å²) >= 11 is 12.3. The van der Waals surface area contributed by atoms with Crippen LogP contribution in [-0.4, -0.2) is 44.5 Å². The van der Waals surface area contributed by atoms with E-state index in [1.54, 1.807) is 6.07 Å². The van der Waals surface area contributed by atoms with E-state index in [0.717, 1.165) is 13.0 Å². The number of anilines is 2. The van der Waals surface area contributed by atoms with Gasteiger partial charge < -0.3 is 10.2 Å². The molecular weight excluding hydrogens is 333 g/mol. The van der Waals surface area contributed by atoms with Crippen molar-refractivity contribution < 1.29 is 8.42 Å². The minimum atomic E-state index is -2.95. The van der Waals surface area contributed by atoms with Gasteiger partial charge in [0.05, 0.1) is 21.6 Å². The molecule has 1 atom stereocenters. The maximum Gasteiger partial charge on any atom is 0.152 e. The smallest absolute Gasteiger partial charge is 0.152 e. The Labute approximate surface area is 135 Å². The van der Waals surface area contributed by atoms with Crippen molar-refractivity contribution in [1.82, 2.24) is 4.98 Å². The number of nitrogens with one attached hydrogen (secondary N) is 1. The second kappa shape index (κ2) is 6.58. The van der Waals surface area contributed by atoms with Crippen molar-refractivity contribution in [2.75, 3.05) is 35.3 Å². The van der Waals surface area contributed by atoms with E-state index in [2.05, 4.69) is 10.3 Å². The molecule has 8 heteroatoms. The molecular formula is C13H19Cl2N3O2S. The molecule has 118 valence electrons. The zero-order valence-electron chi connectivity index (χ0n) is 12.1. The average molecular weight is 352 g/mol. The highest BCUT2D eigenvalue weighted by atomic mass is 35.5. The van der Waals surface area contributed by atoms with E-state index in [0.29, 0.717) is 28.1 Å². The lowest BCUT2D eigenvalue weighted by Crippen LogP contribution is -2.33. The molecule has 1 N–H and O–H groups in total. The minimum absolute atomic E-state index is 0.0970. The summed E-state index contributed by atoms with van der Waals surface area (Å²) < 4.78 is 23.2. The number of sulfone groups is 1. The highest BCUT2D eigenvalue weighted by molar-refractivity contribution is 7.91. The summed E-state index contributed by atoms with van der Waals surface area (Å²) in [5.41, 5.74) is 0. The molecule has 0 saturated carbocycles. The fourth-order valence-electron chi connectivity index (χ4n) is 2.33. The molecule has 1 aliphatic rings. The van der Waals surface area contributed by atoms with Crippen molar-refractivity contribution in [3.8, 4) is 0 Å². The number of rotatable bonds is 5. The molecule has 2 rings (SSSR count). The van der Waals surface area contributed by atoms with Crippen LogP contribution in [-0.2, 0) is 9.84 Å². The van der Waals surface area contributed by atoms with E-state index < -0.39 is 9.84 Å². The maximum atomic E-state index is 11.6. The summed E-state index contributed by atoms with van der Waals surface area (Å²) in [5.74, 6) is 1.49. The summed E-state index contributed by atoms with van der Waals surface area (Å²) in [6, 6.07) is 1.55. The number of nitrogens with zero attached hydrogens (tertiary/aromatic N) is 2. The second-order valence-electron chi connectivity index (χ2n) is 5.22. The van der Waals surface area contributed by atoms with Gasteiger partial charge in [0.25, 0.3) is 0 Å². The van der Waals surface area contributed by atoms with Gasteiger partial charge in [-0.1, -0.05) is 30.1 Å². The Morgan fingerprint density at radius 2 is 2.14 bits per heavy atom. The van der Waals surface area contributed by atoms with E-state index in [-0.39, 0.29) is 17.5 Å². The van der Waals surface area contributed by atoms with Crippen LogP contribution in [0.15, 0.2) is 6.07 Å². The fraction of sp³-hybridized carbons (Fsp3) is 0.615. The van der Waals surface area contributed by atoms with Gasteiger partial charge in [-0.05, 0) is 18.9 Å². The lowest BCUT2D eigenvalue weighted by atomic mass is 10.2. The van der Waals surface area contributed by atoms with Crippen LogP contribution in [0.5, 0.6) is 0 Å². The highest BCUT2D eigenvalue weighted by Crippen LogP contribution is 2.33. The van der Waals surface area contributed by atoms with Crippen LogP contribution >= 0.6 is 23.2 Å². The first-order valence-corrected chi connectivity index (χ1v) is 9.45. The van der Waals surface area contributed by atoms with Crippen LogP contribution in [0.2, 0.25) is 10.0 Å². The van der Waals surface area contributed by atoms with Crippen LogP contribution in [0.1, 0.15) is 19.8 Å². The number of hydrogen-bond acceptors (Lipinski definition) is 5. The lowest BCUT2D eigenvalue weighted by Gasteiger charge is -2.26. The Morgan fingerprint density at radius 3 is 2.71 bits per heavy atom. The molecule has 21 heavy (non-hydrogen) atoms. The van der Waals surface area contributed by atoms with Crippen LogP contribution < -0.4 is 10.2 Å². The van der Waals surface area contributed by atoms with E-state index in [9.17, 15) is 8.42 Å². The molecule has 0 aromatic carbocycles. The van der Waals surface area contributed by atoms with Crippen molar-refractivity contribution in [2.24, 2.45) is 0 Å². The van der Waals surface area contributed by atoms with E-state index in [1.165, 1.54) is 0 Å². The van der Waals surface area contributed by atoms with Crippen LogP contribution in [0, 0.1) is 0 Å². The molecule has 1 fully saturated rings. The standard InChI is InChI=1S/C13H19Cl2N3O2S/c1-3-5-16-12-10(14)7-11(15)13(17-12)18(2)9-4-6-21(19,20)8-9/h7,9H,3-6,8H2,1-2H3,(H,16,17). The summed E-state index contributed by atoms with van der Waals surface area (Å²) in [7, 11) is -1.13. The van der Waals surface area contributed by atoms with Gasteiger partial charge >= 0.3 is 0 Å². The topological polar surface area (TPSA) is 62.3 Å². The Hall–Kier alpha value is -0.720. The Balaban J connectivity index is 2.26. The van der Waals surface area contributed by atoms with E-state index >= 15 is 0 Å². The molecule has 0 aliphatic carbocycles.